The Morgan fingerprint density at radius 2 is 2.15 bits per heavy atom. The zero-order chi connectivity index (χ0) is 24.2. The molecule has 1 aliphatic heterocycles. The molecule has 2 amide bonds. The summed E-state index contributed by atoms with van der Waals surface area (Å²) >= 11 is 5.74. The highest BCUT2D eigenvalue weighted by molar-refractivity contribution is 6.28. The van der Waals surface area contributed by atoms with Crippen LogP contribution in [0.15, 0.2) is 36.4 Å². The second-order valence-corrected chi connectivity index (χ2v) is 8.68. The number of ether oxygens (including phenoxy) is 1. The van der Waals surface area contributed by atoms with Crippen LogP contribution in [0.3, 0.4) is 0 Å². The van der Waals surface area contributed by atoms with Crippen LogP contribution in [-0.2, 0) is 13.6 Å². The Hall–Kier alpha value is -3.39. The Morgan fingerprint density at radius 3 is 2.91 bits per heavy atom. The van der Waals surface area contributed by atoms with Crippen LogP contribution in [0.1, 0.15) is 63.8 Å². The lowest BCUT2D eigenvalue weighted by Gasteiger charge is -2.19. The summed E-state index contributed by atoms with van der Waals surface area (Å²) in [6.07, 6.45) is 2.83. The van der Waals surface area contributed by atoms with Crippen LogP contribution in [0.5, 0.6) is 5.75 Å². The number of amides is 2. The predicted octanol–water partition coefficient (Wildman–Crippen LogP) is 4.12. The van der Waals surface area contributed by atoms with Gasteiger partial charge in [0.1, 0.15) is 11.6 Å². The lowest BCUT2D eigenvalue weighted by Crippen LogP contribution is -2.31. The number of imidazole rings is 1. The fraction of sp³-hybridized carbons (Fsp3) is 0.360. The number of alkyl halides is 1. The van der Waals surface area contributed by atoms with Gasteiger partial charge in [-0.1, -0.05) is 18.6 Å². The van der Waals surface area contributed by atoms with Crippen molar-refractivity contribution in [2.24, 2.45) is 7.05 Å². The molecule has 3 N–H and O–H groups in total. The molecule has 2 aromatic carbocycles. The number of fused-ring (bicyclic) bond motifs is 2. The van der Waals surface area contributed by atoms with E-state index in [0.29, 0.717) is 42.0 Å². The fourth-order valence-electron chi connectivity index (χ4n) is 4.36. The number of benzene rings is 2. The number of rotatable bonds is 10. The first kappa shape index (κ1) is 23.8. The minimum atomic E-state index is -0.374. The average Bonchev–Trinajstić information content (AvgIpc) is 3.39. The van der Waals surface area contributed by atoms with Crippen molar-refractivity contribution < 1.29 is 14.3 Å². The summed E-state index contributed by atoms with van der Waals surface area (Å²) in [5.41, 5.74) is 3.83. The van der Waals surface area contributed by atoms with Crippen LogP contribution in [0.25, 0.3) is 11.0 Å². The Bertz CT molecular complexity index is 1250. The van der Waals surface area contributed by atoms with Crippen LogP contribution < -0.4 is 15.4 Å². The van der Waals surface area contributed by atoms with Gasteiger partial charge in [-0.3, -0.25) is 9.59 Å². The van der Waals surface area contributed by atoms with Crippen molar-refractivity contribution in [1.82, 2.24) is 20.2 Å². The van der Waals surface area contributed by atoms with Gasteiger partial charge in [-0.25, -0.2) is 4.98 Å². The maximum Gasteiger partial charge on any atom is 0.252 e. The number of nitrogens with one attached hydrogen (secondary N) is 3. The summed E-state index contributed by atoms with van der Waals surface area (Å²) in [6.45, 7) is 0.428. The van der Waals surface area contributed by atoms with Gasteiger partial charge in [0.15, 0.2) is 0 Å². The molecule has 4 rings (SSSR count). The number of halogens is 1. The van der Waals surface area contributed by atoms with E-state index in [4.69, 9.17) is 26.7 Å². The summed E-state index contributed by atoms with van der Waals surface area (Å²) in [4.78, 5) is 30.5. The van der Waals surface area contributed by atoms with Crippen molar-refractivity contribution in [2.45, 2.75) is 38.3 Å². The number of unbranched alkanes of at least 4 members (excludes halogenated alkanes) is 1. The average molecular weight is 482 g/mol. The first-order valence-electron chi connectivity index (χ1n) is 11.3. The third-order valence-electron chi connectivity index (χ3n) is 6.18. The number of aromatic nitrogens is 2. The Balaban J connectivity index is 1.62. The molecule has 1 aromatic heterocycles. The van der Waals surface area contributed by atoms with Gasteiger partial charge in [-0.2, -0.15) is 0 Å². The lowest BCUT2D eigenvalue weighted by atomic mass is 10.0. The highest BCUT2D eigenvalue weighted by atomic mass is 35.5. The molecular weight excluding hydrogens is 454 g/mol. The Kier molecular flexibility index (Phi) is 7.17. The van der Waals surface area contributed by atoms with Gasteiger partial charge < -0.3 is 25.3 Å². The number of methoxy groups -OCH3 is 1. The zero-order valence-electron chi connectivity index (χ0n) is 19.3. The molecule has 1 aliphatic rings. The maximum atomic E-state index is 13.3. The van der Waals surface area contributed by atoms with E-state index >= 15 is 0 Å². The monoisotopic (exact) mass is 481 g/mol. The van der Waals surface area contributed by atoms with Gasteiger partial charge in [0, 0.05) is 25.4 Å². The lowest BCUT2D eigenvalue weighted by molar-refractivity contribution is 0.0912. The normalized spacial score (nSPS) is 13.4. The summed E-state index contributed by atoms with van der Waals surface area (Å²) < 4.78 is 7.31. The topological polar surface area (TPSA) is 109 Å². The van der Waals surface area contributed by atoms with Crippen molar-refractivity contribution >= 4 is 40.2 Å². The van der Waals surface area contributed by atoms with E-state index in [-0.39, 0.29) is 23.7 Å². The second-order valence-electron chi connectivity index (χ2n) is 8.42. The van der Waals surface area contributed by atoms with Gasteiger partial charge in [-0.05, 0) is 43.0 Å². The molecule has 9 heteroatoms. The second kappa shape index (κ2) is 10.3. The summed E-state index contributed by atoms with van der Waals surface area (Å²) in [5, 5.41) is 13.7. The van der Waals surface area contributed by atoms with Crippen LogP contribution in [0.2, 0.25) is 0 Å². The first-order valence-corrected chi connectivity index (χ1v) is 11.8. The van der Waals surface area contributed by atoms with Gasteiger partial charge >= 0.3 is 0 Å². The van der Waals surface area contributed by atoms with Crippen molar-refractivity contribution in [3.8, 4) is 5.75 Å². The Labute approximate surface area is 203 Å². The van der Waals surface area contributed by atoms with Gasteiger partial charge in [0.2, 0.25) is 0 Å². The minimum absolute atomic E-state index is 0.230. The Morgan fingerprint density at radius 1 is 1.32 bits per heavy atom. The van der Waals surface area contributed by atoms with Gasteiger partial charge in [0.25, 0.3) is 11.8 Å². The molecular formula is C25H28ClN5O3. The van der Waals surface area contributed by atoms with E-state index in [1.165, 1.54) is 0 Å². The molecule has 0 radical (unpaired) electrons. The van der Waals surface area contributed by atoms with Crippen LogP contribution in [0, 0.1) is 5.41 Å². The molecule has 0 saturated carbocycles. The molecule has 34 heavy (non-hydrogen) atoms. The van der Waals surface area contributed by atoms with E-state index in [1.807, 2.05) is 35.9 Å². The molecule has 0 spiro atoms. The van der Waals surface area contributed by atoms with E-state index in [9.17, 15) is 9.59 Å². The van der Waals surface area contributed by atoms with Crippen LogP contribution in [0.4, 0.5) is 0 Å². The van der Waals surface area contributed by atoms with Crippen molar-refractivity contribution in [3.05, 3.63) is 58.9 Å². The zero-order valence-corrected chi connectivity index (χ0v) is 20.0. The molecule has 178 valence electrons. The third kappa shape index (κ3) is 4.77. The summed E-state index contributed by atoms with van der Waals surface area (Å²) in [5.74, 6) is 1.13. The highest BCUT2D eigenvalue weighted by Crippen LogP contribution is 2.27. The van der Waals surface area contributed by atoms with Crippen LogP contribution in [-0.4, -0.2) is 40.1 Å². The van der Waals surface area contributed by atoms with Crippen molar-refractivity contribution in [2.75, 3.05) is 13.0 Å². The molecule has 2 heterocycles. The summed E-state index contributed by atoms with van der Waals surface area (Å²) in [6, 6.07) is 10.6. The molecule has 0 bridgehead atoms. The van der Waals surface area contributed by atoms with E-state index in [2.05, 4.69) is 10.6 Å². The fourth-order valence-corrected chi connectivity index (χ4v) is 4.49. The van der Waals surface area contributed by atoms with E-state index in [0.717, 1.165) is 35.3 Å². The molecule has 0 unspecified atom stereocenters. The first-order chi connectivity index (χ1) is 16.4. The van der Waals surface area contributed by atoms with Crippen molar-refractivity contribution in [1.29, 1.82) is 5.41 Å². The molecule has 1 atom stereocenters. The highest BCUT2D eigenvalue weighted by Gasteiger charge is 2.28. The predicted molar refractivity (Wildman–Crippen MR) is 132 cm³/mol. The van der Waals surface area contributed by atoms with E-state index < -0.39 is 0 Å². The number of carbonyl (C=O) groups is 2. The number of aryl methyl sites for hydroxylation is 1. The largest absolute Gasteiger partial charge is 0.497 e. The number of hydrogen-bond acceptors (Lipinski definition) is 5. The van der Waals surface area contributed by atoms with Gasteiger partial charge in [-0.15, -0.1) is 11.6 Å². The smallest absolute Gasteiger partial charge is 0.252 e. The molecule has 0 aliphatic carbocycles. The standard InChI is InChI=1S/C25H28ClN5O3/c1-31-21-11-10-17(34-2)12-20(21)29-23(31)19(9-4-3-7-16(27)13-26)30-24(32)18-8-5-6-15-14-28-25(33)22(15)18/h5-6,8,10-12,19,27H,3-4,7,9,13-14H2,1-2H3,(H,28,33)(H,30,32)/t19-/m0/s1. The SMILES string of the molecule is COc1ccc2c(c1)nc([C@H](CCCCC(=N)CCl)NC(=O)c1cccc3c1C(=O)NC3)n2C. The quantitative estimate of drug-likeness (QED) is 0.230. The molecule has 8 nitrogen and oxygen atoms in total. The number of carbonyl (C=O) groups excluding carboxylic acids is 2. The maximum absolute atomic E-state index is 13.3. The molecule has 3 aromatic rings. The molecule has 0 fully saturated rings. The molecule has 0 saturated heterocycles. The minimum Gasteiger partial charge on any atom is -0.497 e. The van der Waals surface area contributed by atoms with E-state index in [1.54, 1.807) is 19.2 Å². The number of nitrogens with zero attached hydrogens (tertiary/aromatic N) is 2. The van der Waals surface area contributed by atoms with Gasteiger partial charge in [0.05, 0.1) is 41.2 Å². The van der Waals surface area contributed by atoms with Crippen molar-refractivity contribution in [3.63, 3.8) is 0 Å². The third-order valence-corrected chi connectivity index (χ3v) is 6.51. The number of hydrogen-bond donors (Lipinski definition) is 3. The van der Waals surface area contributed by atoms with Crippen LogP contribution >= 0.6 is 11.6 Å². The summed E-state index contributed by atoms with van der Waals surface area (Å²) in [7, 11) is 3.54.